The van der Waals surface area contributed by atoms with Gasteiger partial charge in [0.05, 0.1) is 16.1 Å². The molecule has 0 aliphatic carbocycles. The van der Waals surface area contributed by atoms with Crippen LogP contribution < -0.4 is 5.73 Å². The molecule has 0 aliphatic rings. The van der Waals surface area contributed by atoms with E-state index in [1.807, 2.05) is 0 Å². The fourth-order valence-electron chi connectivity index (χ4n) is 1.42. The van der Waals surface area contributed by atoms with E-state index in [1.54, 1.807) is 0 Å². The Bertz CT molecular complexity index is 578. The van der Waals surface area contributed by atoms with Crippen LogP contribution in [0.5, 0.6) is 0 Å². The molecule has 0 radical (unpaired) electrons. The van der Waals surface area contributed by atoms with Crippen LogP contribution in [0.15, 0.2) is 12.1 Å². The summed E-state index contributed by atoms with van der Waals surface area (Å²) in [7, 11) is 0. The standard InChI is InChI=1S/C9H4F6N2O3/c10-8(11,12)3-1-4(9(13,14)15)6(7(16)18)5(2-3)17(19)20/h1-2H,(H2,16,18). The second-order valence-electron chi connectivity index (χ2n) is 3.53. The Balaban J connectivity index is 3.83. The molecule has 1 rings (SSSR count). The summed E-state index contributed by atoms with van der Waals surface area (Å²) in [6.45, 7) is 0. The molecule has 0 unspecified atom stereocenters. The second kappa shape index (κ2) is 4.65. The number of hydrogen-bond acceptors (Lipinski definition) is 3. The normalized spacial score (nSPS) is 12.3. The SMILES string of the molecule is NC(=O)c1c([N+](=O)[O-])cc(C(F)(F)F)cc1C(F)(F)F. The van der Waals surface area contributed by atoms with Crippen molar-refractivity contribution in [1.82, 2.24) is 0 Å². The summed E-state index contributed by atoms with van der Waals surface area (Å²) in [5.74, 6) is -1.85. The lowest BCUT2D eigenvalue weighted by molar-refractivity contribution is -0.385. The molecule has 0 saturated carbocycles. The number of alkyl halides is 6. The van der Waals surface area contributed by atoms with Gasteiger partial charge in [0, 0.05) is 6.07 Å². The van der Waals surface area contributed by atoms with E-state index in [-0.39, 0.29) is 6.07 Å². The van der Waals surface area contributed by atoms with Crippen molar-refractivity contribution in [3.63, 3.8) is 0 Å². The summed E-state index contributed by atoms with van der Waals surface area (Å²) in [5.41, 5.74) is -2.69. The second-order valence-corrected chi connectivity index (χ2v) is 3.53. The summed E-state index contributed by atoms with van der Waals surface area (Å²) < 4.78 is 75.1. The van der Waals surface area contributed by atoms with Crippen molar-refractivity contribution in [1.29, 1.82) is 0 Å². The van der Waals surface area contributed by atoms with Gasteiger partial charge in [-0.2, -0.15) is 26.3 Å². The van der Waals surface area contributed by atoms with Crippen molar-refractivity contribution in [2.24, 2.45) is 5.73 Å². The molecule has 11 heteroatoms. The van der Waals surface area contributed by atoms with Gasteiger partial charge in [-0.25, -0.2) is 0 Å². The third-order valence-electron chi connectivity index (χ3n) is 2.19. The van der Waals surface area contributed by atoms with Gasteiger partial charge in [-0.05, 0) is 6.07 Å². The van der Waals surface area contributed by atoms with Crippen molar-refractivity contribution in [2.75, 3.05) is 0 Å². The van der Waals surface area contributed by atoms with E-state index in [0.717, 1.165) is 0 Å². The maximum absolute atomic E-state index is 12.6. The first-order valence-corrected chi connectivity index (χ1v) is 4.62. The zero-order valence-electron chi connectivity index (χ0n) is 9.17. The fraction of sp³-hybridized carbons (Fsp3) is 0.222. The van der Waals surface area contributed by atoms with Crippen LogP contribution in [-0.4, -0.2) is 10.8 Å². The van der Waals surface area contributed by atoms with Crippen molar-refractivity contribution in [3.05, 3.63) is 38.9 Å². The number of nitrogens with zero attached hydrogens (tertiary/aromatic N) is 1. The highest BCUT2D eigenvalue weighted by Crippen LogP contribution is 2.40. The van der Waals surface area contributed by atoms with Crippen LogP contribution in [0.4, 0.5) is 32.0 Å². The Labute approximate surface area is 106 Å². The molecule has 2 N–H and O–H groups in total. The summed E-state index contributed by atoms with van der Waals surface area (Å²) >= 11 is 0. The van der Waals surface area contributed by atoms with Crippen LogP contribution in [-0.2, 0) is 12.4 Å². The Hall–Kier alpha value is -2.33. The van der Waals surface area contributed by atoms with Crippen LogP contribution in [0.1, 0.15) is 21.5 Å². The summed E-state index contributed by atoms with van der Waals surface area (Å²) in [5, 5.41) is 10.5. The van der Waals surface area contributed by atoms with Gasteiger partial charge in [0.2, 0.25) is 0 Å². The molecule has 0 saturated heterocycles. The van der Waals surface area contributed by atoms with Gasteiger partial charge in [0.25, 0.3) is 11.6 Å². The predicted octanol–water partition coefficient (Wildman–Crippen LogP) is 2.73. The van der Waals surface area contributed by atoms with Gasteiger partial charge in [0.15, 0.2) is 0 Å². The minimum absolute atomic E-state index is 0.171. The molecule has 0 spiro atoms. The lowest BCUT2D eigenvalue weighted by Crippen LogP contribution is -2.22. The molecule has 0 heterocycles. The fourth-order valence-corrected chi connectivity index (χ4v) is 1.42. The van der Waals surface area contributed by atoms with Gasteiger partial charge in [-0.3, -0.25) is 14.9 Å². The van der Waals surface area contributed by atoms with E-state index in [4.69, 9.17) is 0 Å². The molecule has 0 bridgehead atoms. The first-order chi connectivity index (χ1) is 8.85. The number of nitro groups is 1. The molecular weight excluding hydrogens is 298 g/mol. The van der Waals surface area contributed by atoms with Crippen LogP contribution in [0.2, 0.25) is 0 Å². The van der Waals surface area contributed by atoms with Gasteiger partial charge in [-0.1, -0.05) is 0 Å². The number of rotatable bonds is 2. The van der Waals surface area contributed by atoms with Gasteiger partial charge < -0.3 is 5.73 Å². The highest BCUT2D eigenvalue weighted by molar-refractivity contribution is 5.98. The van der Waals surface area contributed by atoms with Crippen molar-refractivity contribution in [2.45, 2.75) is 12.4 Å². The minimum atomic E-state index is -5.41. The molecule has 5 nitrogen and oxygen atoms in total. The summed E-state index contributed by atoms with van der Waals surface area (Å²) in [4.78, 5) is 19.9. The average molecular weight is 302 g/mol. The molecule has 0 aromatic heterocycles. The van der Waals surface area contributed by atoms with Crippen LogP contribution in [0.3, 0.4) is 0 Å². The van der Waals surface area contributed by atoms with E-state index in [9.17, 15) is 41.3 Å². The number of amides is 1. The van der Waals surface area contributed by atoms with Crippen LogP contribution in [0, 0.1) is 10.1 Å². The van der Waals surface area contributed by atoms with Crippen LogP contribution >= 0.6 is 0 Å². The lowest BCUT2D eigenvalue weighted by Gasteiger charge is -2.14. The Morgan fingerprint density at radius 3 is 1.90 bits per heavy atom. The summed E-state index contributed by atoms with van der Waals surface area (Å²) in [6.07, 6.45) is -10.7. The number of hydrogen-bond donors (Lipinski definition) is 1. The highest BCUT2D eigenvalue weighted by Gasteiger charge is 2.43. The number of carbonyl (C=O) groups excluding carboxylic acids is 1. The molecule has 1 aromatic rings. The zero-order valence-corrected chi connectivity index (χ0v) is 9.17. The Morgan fingerprint density at radius 2 is 1.60 bits per heavy atom. The Morgan fingerprint density at radius 1 is 1.10 bits per heavy atom. The van der Waals surface area contributed by atoms with E-state index in [1.165, 1.54) is 0 Å². The molecule has 1 amide bonds. The number of carbonyl (C=O) groups is 1. The topological polar surface area (TPSA) is 86.2 Å². The molecular formula is C9H4F6N2O3. The summed E-state index contributed by atoms with van der Waals surface area (Å²) in [6, 6.07) is -0.567. The van der Waals surface area contributed by atoms with Crippen molar-refractivity contribution < 1.29 is 36.1 Å². The van der Waals surface area contributed by atoms with Gasteiger partial charge >= 0.3 is 12.4 Å². The predicted molar refractivity (Wildman–Crippen MR) is 51.6 cm³/mol. The molecule has 0 atom stereocenters. The van der Waals surface area contributed by atoms with Crippen molar-refractivity contribution in [3.8, 4) is 0 Å². The lowest BCUT2D eigenvalue weighted by atomic mass is 10.00. The number of nitrogens with two attached hydrogens (primary N) is 1. The highest BCUT2D eigenvalue weighted by atomic mass is 19.4. The van der Waals surface area contributed by atoms with Gasteiger partial charge in [0.1, 0.15) is 5.56 Å². The first-order valence-electron chi connectivity index (χ1n) is 4.62. The Kier molecular flexibility index (Phi) is 3.66. The largest absolute Gasteiger partial charge is 0.417 e. The average Bonchev–Trinajstić information content (AvgIpc) is 2.24. The van der Waals surface area contributed by atoms with Gasteiger partial charge in [-0.15, -0.1) is 0 Å². The zero-order chi connectivity index (χ0) is 15.9. The number of benzene rings is 1. The van der Waals surface area contributed by atoms with Crippen molar-refractivity contribution >= 4 is 11.6 Å². The third kappa shape index (κ3) is 2.97. The smallest absolute Gasteiger partial charge is 0.365 e. The van der Waals surface area contributed by atoms with Crippen LogP contribution in [0.25, 0.3) is 0 Å². The monoisotopic (exact) mass is 302 g/mol. The molecule has 1 aromatic carbocycles. The van der Waals surface area contributed by atoms with E-state index < -0.39 is 51.6 Å². The molecule has 110 valence electrons. The first kappa shape index (κ1) is 15.7. The quantitative estimate of drug-likeness (QED) is 0.517. The molecule has 20 heavy (non-hydrogen) atoms. The number of primary amides is 1. The molecule has 0 fully saturated rings. The number of halogens is 6. The number of nitro benzene ring substituents is 1. The maximum atomic E-state index is 12.6. The third-order valence-corrected chi connectivity index (χ3v) is 2.19. The van der Waals surface area contributed by atoms with E-state index in [2.05, 4.69) is 5.73 Å². The van der Waals surface area contributed by atoms with E-state index in [0.29, 0.717) is 0 Å². The molecule has 0 aliphatic heterocycles. The maximum Gasteiger partial charge on any atom is 0.417 e. The minimum Gasteiger partial charge on any atom is -0.365 e. The van der Waals surface area contributed by atoms with E-state index >= 15 is 0 Å².